The number of aromatic carboxylic acids is 1. The lowest BCUT2D eigenvalue weighted by atomic mass is 10.2. The van der Waals surface area contributed by atoms with E-state index in [4.69, 9.17) is 14.6 Å². The molecule has 0 aliphatic heterocycles. The van der Waals surface area contributed by atoms with Gasteiger partial charge in [0.1, 0.15) is 0 Å². The third kappa shape index (κ3) is 3.44. The first-order valence-corrected chi connectivity index (χ1v) is 5.99. The van der Waals surface area contributed by atoms with Gasteiger partial charge in [0.25, 0.3) is 0 Å². The summed E-state index contributed by atoms with van der Waals surface area (Å²) in [5.41, 5.74) is 0.959. The van der Waals surface area contributed by atoms with Gasteiger partial charge in [-0.2, -0.15) is 0 Å². The molecular weight excluding hydrogens is 260 g/mol. The smallest absolute Gasteiger partial charge is 0.354 e. The Bertz CT molecular complexity index is 587. The zero-order valence-corrected chi connectivity index (χ0v) is 10.9. The van der Waals surface area contributed by atoms with Crippen LogP contribution in [-0.4, -0.2) is 34.8 Å². The van der Waals surface area contributed by atoms with Crippen molar-refractivity contribution in [2.45, 2.75) is 6.42 Å². The van der Waals surface area contributed by atoms with E-state index in [1.54, 1.807) is 12.4 Å². The SMILES string of the molecule is COc1cnc(C(=O)O)cc1OCCc1cccnc1. The molecule has 0 bridgehead atoms. The zero-order chi connectivity index (χ0) is 14.4. The van der Waals surface area contributed by atoms with Gasteiger partial charge in [-0.3, -0.25) is 4.98 Å². The van der Waals surface area contributed by atoms with Gasteiger partial charge in [0.05, 0.1) is 19.9 Å². The summed E-state index contributed by atoms with van der Waals surface area (Å²) in [6.45, 7) is 0.394. The highest BCUT2D eigenvalue weighted by atomic mass is 16.5. The van der Waals surface area contributed by atoms with Crippen LogP contribution in [-0.2, 0) is 6.42 Å². The highest BCUT2D eigenvalue weighted by Gasteiger charge is 2.11. The van der Waals surface area contributed by atoms with Crippen molar-refractivity contribution in [3.8, 4) is 11.5 Å². The van der Waals surface area contributed by atoms with Crippen LogP contribution in [0.25, 0.3) is 0 Å². The molecule has 20 heavy (non-hydrogen) atoms. The Labute approximate surface area is 116 Å². The van der Waals surface area contributed by atoms with E-state index in [9.17, 15) is 4.79 Å². The summed E-state index contributed by atoms with van der Waals surface area (Å²) in [5, 5.41) is 8.91. The maximum atomic E-state index is 10.9. The number of ether oxygens (including phenoxy) is 2. The lowest BCUT2D eigenvalue weighted by Gasteiger charge is -2.10. The van der Waals surface area contributed by atoms with E-state index in [0.717, 1.165) is 5.56 Å². The third-order valence-electron chi connectivity index (χ3n) is 2.64. The molecule has 0 atom stereocenters. The zero-order valence-electron chi connectivity index (χ0n) is 10.9. The first-order chi connectivity index (χ1) is 9.70. The Hall–Kier alpha value is -2.63. The fourth-order valence-corrected chi connectivity index (χ4v) is 1.63. The van der Waals surface area contributed by atoms with Gasteiger partial charge in [-0.15, -0.1) is 0 Å². The molecule has 0 aliphatic rings. The van der Waals surface area contributed by atoms with Crippen LogP contribution in [0.3, 0.4) is 0 Å². The van der Waals surface area contributed by atoms with Gasteiger partial charge in [-0.1, -0.05) is 6.07 Å². The van der Waals surface area contributed by atoms with Crippen molar-refractivity contribution in [2.24, 2.45) is 0 Å². The van der Waals surface area contributed by atoms with E-state index in [1.807, 2.05) is 12.1 Å². The van der Waals surface area contributed by atoms with Gasteiger partial charge < -0.3 is 14.6 Å². The maximum Gasteiger partial charge on any atom is 0.354 e. The largest absolute Gasteiger partial charge is 0.491 e. The summed E-state index contributed by atoms with van der Waals surface area (Å²) >= 11 is 0. The topological polar surface area (TPSA) is 81.5 Å². The minimum atomic E-state index is -1.11. The first-order valence-electron chi connectivity index (χ1n) is 5.99. The van der Waals surface area contributed by atoms with Crippen molar-refractivity contribution in [2.75, 3.05) is 13.7 Å². The van der Waals surface area contributed by atoms with Gasteiger partial charge in [0, 0.05) is 24.9 Å². The van der Waals surface area contributed by atoms with E-state index in [1.165, 1.54) is 19.4 Å². The average Bonchev–Trinajstić information content (AvgIpc) is 2.48. The molecule has 0 saturated heterocycles. The second-order valence-electron chi connectivity index (χ2n) is 3.99. The van der Waals surface area contributed by atoms with Gasteiger partial charge in [-0.05, 0) is 11.6 Å². The average molecular weight is 274 g/mol. The Morgan fingerprint density at radius 3 is 2.85 bits per heavy atom. The number of carboxylic acid groups (broad SMARTS) is 1. The van der Waals surface area contributed by atoms with Crippen LogP contribution in [0.1, 0.15) is 16.1 Å². The summed E-state index contributed by atoms with van der Waals surface area (Å²) in [4.78, 5) is 18.7. The second-order valence-corrected chi connectivity index (χ2v) is 3.99. The van der Waals surface area contributed by atoms with Crippen LogP contribution in [0.4, 0.5) is 0 Å². The Morgan fingerprint density at radius 1 is 1.35 bits per heavy atom. The number of carboxylic acids is 1. The van der Waals surface area contributed by atoms with E-state index in [0.29, 0.717) is 24.5 Å². The number of aromatic nitrogens is 2. The molecule has 0 fully saturated rings. The van der Waals surface area contributed by atoms with Crippen LogP contribution in [0.15, 0.2) is 36.8 Å². The summed E-state index contributed by atoms with van der Waals surface area (Å²) < 4.78 is 10.7. The third-order valence-corrected chi connectivity index (χ3v) is 2.64. The highest BCUT2D eigenvalue weighted by molar-refractivity contribution is 5.86. The van der Waals surface area contributed by atoms with Crippen LogP contribution < -0.4 is 9.47 Å². The fourth-order valence-electron chi connectivity index (χ4n) is 1.63. The van der Waals surface area contributed by atoms with Gasteiger partial charge in [0.2, 0.25) is 0 Å². The molecule has 2 aromatic rings. The van der Waals surface area contributed by atoms with Crippen molar-refractivity contribution < 1.29 is 19.4 Å². The lowest BCUT2D eigenvalue weighted by molar-refractivity contribution is 0.0689. The maximum absolute atomic E-state index is 10.9. The van der Waals surface area contributed by atoms with Gasteiger partial charge in [-0.25, -0.2) is 9.78 Å². The number of nitrogens with zero attached hydrogens (tertiary/aromatic N) is 2. The monoisotopic (exact) mass is 274 g/mol. The summed E-state index contributed by atoms with van der Waals surface area (Å²) in [7, 11) is 1.48. The normalized spacial score (nSPS) is 10.1. The van der Waals surface area contributed by atoms with Crippen LogP contribution in [0, 0.1) is 0 Å². The number of methoxy groups -OCH3 is 1. The van der Waals surface area contributed by atoms with Crippen LogP contribution >= 0.6 is 0 Å². The van der Waals surface area contributed by atoms with Crippen molar-refractivity contribution >= 4 is 5.97 Å². The lowest BCUT2D eigenvalue weighted by Crippen LogP contribution is -2.06. The second kappa shape index (κ2) is 6.51. The molecule has 6 heteroatoms. The molecule has 0 aliphatic carbocycles. The molecule has 0 radical (unpaired) electrons. The number of rotatable bonds is 6. The summed E-state index contributed by atoms with van der Waals surface area (Å²) in [5.74, 6) is -0.338. The first kappa shape index (κ1) is 13.8. The fraction of sp³-hybridized carbons (Fsp3) is 0.214. The van der Waals surface area contributed by atoms with E-state index in [2.05, 4.69) is 9.97 Å². The molecule has 104 valence electrons. The summed E-state index contributed by atoms with van der Waals surface area (Å²) in [6, 6.07) is 5.15. The number of hydrogen-bond donors (Lipinski definition) is 1. The van der Waals surface area contributed by atoms with Crippen LogP contribution in [0.5, 0.6) is 11.5 Å². The Kier molecular flexibility index (Phi) is 4.49. The van der Waals surface area contributed by atoms with Gasteiger partial charge >= 0.3 is 5.97 Å². The predicted octanol–water partition coefficient (Wildman–Crippen LogP) is 1.80. The predicted molar refractivity (Wildman–Crippen MR) is 71.2 cm³/mol. The molecule has 0 amide bonds. The molecule has 0 aromatic carbocycles. The summed E-state index contributed by atoms with van der Waals surface area (Å²) in [6.07, 6.45) is 5.47. The van der Waals surface area contributed by atoms with E-state index < -0.39 is 5.97 Å². The molecule has 0 unspecified atom stereocenters. The molecule has 2 aromatic heterocycles. The molecule has 0 spiro atoms. The molecule has 0 saturated carbocycles. The van der Waals surface area contributed by atoms with Gasteiger partial charge in [0.15, 0.2) is 17.2 Å². The minimum Gasteiger partial charge on any atom is -0.491 e. The Balaban J connectivity index is 2.04. The standard InChI is InChI=1S/C14H14N2O4/c1-19-13-9-16-11(14(17)18)7-12(13)20-6-4-10-3-2-5-15-8-10/h2-3,5,7-9H,4,6H2,1H3,(H,17,18). The van der Waals surface area contributed by atoms with Crippen molar-refractivity contribution in [3.63, 3.8) is 0 Å². The van der Waals surface area contributed by atoms with Crippen molar-refractivity contribution in [1.82, 2.24) is 9.97 Å². The number of carbonyl (C=O) groups is 1. The Morgan fingerprint density at radius 2 is 2.20 bits per heavy atom. The van der Waals surface area contributed by atoms with Crippen molar-refractivity contribution in [3.05, 3.63) is 48.0 Å². The quantitative estimate of drug-likeness (QED) is 0.865. The molecule has 1 N–H and O–H groups in total. The molecule has 6 nitrogen and oxygen atoms in total. The highest BCUT2D eigenvalue weighted by Crippen LogP contribution is 2.26. The number of pyridine rings is 2. The molecule has 2 rings (SSSR count). The number of hydrogen-bond acceptors (Lipinski definition) is 5. The molecule has 2 heterocycles. The van der Waals surface area contributed by atoms with E-state index >= 15 is 0 Å². The molecular formula is C14H14N2O4. The van der Waals surface area contributed by atoms with Crippen molar-refractivity contribution in [1.29, 1.82) is 0 Å². The van der Waals surface area contributed by atoms with Crippen LogP contribution in [0.2, 0.25) is 0 Å². The van der Waals surface area contributed by atoms with E-state index in [-0.39, 0.29) is 5.69 Å². The minimum absolute atomic E-state index is 0.0813.